The first kappa shape index (κ1) is 19.6. The normalized spacial score (nSPS) is 13.1. The number of halogens is 1. The van der Waals surface area contributed by atoms with Gasteiger partial charge >= 0.3 is 0 Å². The van der Waals surface area contributed by atoms with E-state index in [-0.39, 0.29) is 29.3 Å². The maximum atomic E-state index is 14.4. The molecule has 2 aromatic heterocycles. The average molecular weight is 360 g/mol. The molecule has 0 saturated carbocycles. The fraction of sp³-hybridized carbons (Fsp3) is 0.389. The Morgan fingerprint density at radius 2 is 2.04 bits per heavy atom. The number of nitrogens with one attached hydrogen (secondary N) is 2. The van der Waals surface area contributed by atoms with Crippen LogP contribution in [0.3, 0.4) is 0 Å². The summed E-state index contributed by atoms with van der Waals surface area (Å²) in [6, 6.07) is 2.57. The smallest absolute Gasteiger partial charge is 0.252 e. The van der Waals surface area contributed by atoms with Gasteiger partial charge in [0.05, 0.1) is 17.4 Å². The Balaban J connectivity index is 2.40. The summed E-state index contributed by atoms with van der Waals surface area (Å²) in [6.45, 7) is 5.76. The Morgan fingerprint density at radius 3 is 2.62 bits per heavy atom. The maximum Gasteiger partial charge on any atom is 0.252 e. The summed E-state index contributed by atoms with van der Waals surface area (Å²) in [7, 11) is 0. The summed E-state index contributed by atoms with van der Waals surface area (Å²) in [5, 5.41) is 6.02. The molecule has 6 N–H and O–H groups in total. The van der Waals surface area contributed by atoms with E-state index in [0.717, 1.165) is 24.5 Å². The van der Waals surface area contributed by atoms with E-state index in [1.165, 1.54) is 0 Å². The van der Waals surface area contributed by atoms with Gasteiger partial charge < -0.3 is 22.1 Å². The molecule has 2 rings (SSSR count). The molecule has 0 saturated heterocycles. The third kappa shape index (κ3) is 4.89. The Hall–Kier alpha value is -2.74. The molecular weight excluding hydrogens is 335 g/mol. The van der Waals surface area contributed by atoms with Gasteiger partial charge in [0.15, 0.2) is 11.6 Å². The first-order chi connectivity index (χ1) is 12.3. The number of amides is 1. The number of nitrogens with zero attached hydrogens (tertiary/aromatic N) is 2. The molecule has 0 aliphatic rings. The highest BCUT2D eigenvalue weighted by Crippen LogP contribution is 2.25. The molecule has 0 aliphatic heterocycles. The van der Waals surface area contributed by atoms with Crippen molar-refractivity contribution in [3.05, 3.63) is 41.5 Å². The second-order valence-corrected chi connectivity index (χ2v) is 6.35. The molecule has 0 aliphatic carbocycles. The number of aryl methyl sites for hydroxylation is 1. The number of nitrogens with two attached hydrogens (primary N) is 2. The van der Waals surface area contributed by atoms with Crippen molar-refractivity contribution < 1.29 is 9.18 Å². The van der Waals surface area contributed by atoms with Crippen LogP contribution in [0.5, 0.6) is 0 Å². The van der Waals surface area contributed by atoms with Crippen LogP contribution >= 0.6 is 0 Å². The van der Waals surface area contributed by atoms with E-state index in [4.69, 9.17) is 11.5 Å². The molecule has 0 bridgehead atoms. The van der Waals surface area contributed by atoms with E-state index in [2.05, 4.69) is 20.6 Å². The lowest BCUT2D eigenvalue weighted by Gasteiger charge is -2.23. The van der Waals surface area contributed by atoms with E-state index in [9.17, 15) is 9.18 Å². The fourth-order valence-corrected chi connectivity index (χ4v) is 2.59. The Kier molecular flexibility index (Phi) is 6.46. The van der Waals surface area contributed by atoms with Crippen LogP contribution in [0.4, 0.5) is 21.7 Å². The van der Waals surface area contributed by atoms with Crippen molar-refractivity contribution in [3.63, 3.8) is 0 Å². The van der Waals surface area contributed by atoms with Crippen LogP contribution in [0.1, 0.15) is 42.6 Å². The predicted molar refractivity (Wildman–Crippen MR) is 101 cm³/mol. The Morgan fingerprint density at radius 1 is 1.31 bits per heavy atom. The molecule has 0 radical (unpaired) electrons. The molecule has 1 amide bonds. The molecule has 2 atom stereocenters. The number of primary amides is 1. The monoisotopic (exact) mass is 360 g/mol. The minimum atomic E-state index is -0.775. The zero-order chi connectivity index (χ0) is 19.3. The van der Waals surface area contributed by atoms with Crippen LogP contribution in [0, 0.1) is 12.7 Å². The van der Waals surface area contributed by atoms with Crippen LogP contribution in [0.25, 0.3) is 0 Å². The number of carbonyl (C=O) groups excluding carboxylic acids is 1. The van der Waals surface area contributed by atoms with E-state index < -0.39 is 11.7 Å². The van der Waals surface area contributed by atoms with Crippen molar-refractivity contribution in [3.8, 4) is 0 Å². The summed E-state index contributed by atoms with van der Waals surface area (Å²) in [6.07, 6.45) is 4.93. The topological polar surface area (TPSA) is 119 Å². The van der Waals surface area contributed by atoms with Gasteiger partial charge in [-0.1, -0.05) is 13.3 Å². The number of pyridine rings is 2. The lowest BCUT2D eigenvalue weighted by atomic mass is 10.1. The van der Waals surface area contributed by atoms with Crippen molar-refractivity contribution in [2.75, 3.05) is 10.6 Å². The summed E-state index contributed by atoms with van der Waals surface area (Å²) >= 11 is 0. The van der Waals surface area contributed by atoms with E-state index in [1.54, 1.807) is 12.4 Å². The number of hydrogen-bond acceptors (Lipinski definition) is 6. The van der Waals surface area contributed by atoms with Gasteiger partial charge in [0, 0.05) is 18.3 Å². The van der Waals surface area contributed by atoms with Gasteiger partial charge in [-0.05, 0) is 38.0 Å². The second-order valence-electron chi connectivity index (χ2n) is 6.35. The first-order valence-corrected chi connectivity index (χ1v) is 8.53. The van der Waals surface area contributed by atoms with Crippen molar-refractivity contribution in [1.82, 2.24) is 9.97 Å². The van der Waals surface area contributed by atoms with Crippen molar-refractivity contribution in [1.29, 1.82) is 0 Å². The highest BCUT2D eigenvalue weighted by Gasteiger charge is 2.20. The standard InChI is InChI=1S/C18H25FN6O/c1-4-5-15(11(3)20)24-18-14(19)7-13(16(21)26)17(25-18)23-12-6-10(2)8-22-9-12/h6-9,11,15H,4-5,20H2,1-3H3,(H2,21,26)(H2,23,24,25)/t11-,15+/m0/s1. The average Bonchev–Trinajstić information content (AvgIpc) is 2.56. The number of rotatable bonds is 8. The Bertz CT molecular complexity index is 780. The molecule has 0 spiro atoms. The third-order valence-electron chi connectivity index (χ3n) is 3.94. The zero-order valence-electron chi connectivity index (χ0n) is 15.2. The summed E-state index contributed by atoms with van der Waals surface area (Å²) in [5.74, 6) is -1.25. The van der Waals surface area contributed by atoms with Crippen LogP contribution in [-0.4, -0.2) is 28.0 Å². The molecule has 8 heteroatoms. The molecule has 0 aromatic carbocycles. The molecule has 2 heterocycles. The zero-order valence-corrected chi connectivity index (χ0v) is 15.2. The second kappa shape index (κ2) is 8.57. The SMILES string of the molecule is CCC[C@@H](Nc1nc(Nc2cncc(C)c2)c(C(N)=O)cc1F)[C@H](C)N. The summed E-state index contributed by atoms with van der Waals surface area (Å²) in [5.41, 5.74) is 12.8. The molecule has 0 fully saturated rings. The van der Waals surface area contributed by atoms with Gasteiger partial charge in [-0.3, -0.25) is 9.78 Å². The van der Waals surface area contributed by atoms with Crippen LogP contribution in [-0.2, 0) is 0 Å². The lowest BCUT2D eigenvalue weighted by Crippen LogP contribution is -2.38. The molecular formula is C18H25FN6O. The van der Waals surface area contributed by atoms with Crippen LogP contribution < -0.4 is 22.1 Å². The third-order valence-corrected chi connectivity index (χ3v) is 3.94. The number of carbonyl (C=O) groups is 1. The highest BCUT2D eigenvalue weighted by atomic mass is 19.1. The van der Waals surface area contributed by atoms with E-state index in [1.807, 2.05) is 26.8 Å². The van der Waals surface area contributed by atoms with Gasteiger partial charge in [0.25, 0.3) is 5.91 Å². The van der Waals surface area contributed by atoms with Gasteiger partial charge in [-0.15, -0.1) is 0 Å². The number of aromatic nitrogens is 2. The minimum absolute atomic E-state index is 0.0221. The van der Waals surface area contributed by atoms with Crippen molar-refractivity contribution in [2.45, 2.75) is 45.7 Å². The molecule has 0 unspecified atom stereocenters. The molecule has 26 heavy (non-hydrogen) atoms. The first-order valence-electron chi connectivity index (χ1n) is 8.53. The quantitative estimate of drug-likeness (QED) is 0.575. The maximum absolute atomic E-state index is 14.4. The van der Waals surface area contributed by atoms with E-state index in [0.29, 0.717) is 5.69 Å². The van der Waals surface area contributed by atoms with Gasteiger partial charge in [-0.2, -0.15) is 0 Å². The summed E-state index contributed by atoms with van der Waals surface area (Å²) < 4.78 is 14.4. The van der Waals surface area contributed by atoms with Gasteiger partial charge in [-0.25, -0.2) is 9.37 Å². The van der Waals surface area contributed by atoms with Crippen molar-refractivity contribution >= 4 is 23.2 Å². The highest BCUT2D eigenvalue weighted by molar-refractivity contribution is 5.98. The van der Waals surface area contributed by atoms with Gasteiger partial charge in [0.2, 0.25) is 0 Å². The Labute approximate surface area is 152 Å². The summed E-state index contributed by atoms with van der Waals surface area (Å²) in [4.78, 5) is 20.0. The van der Waals surface area contributed by atoms with Crippen molar-refractivity contribution in [2.24, 2.45) is 11.5 Å². The largest absolute Gasteiger partial charge is 0.365 e. The fourth-order valence-electron chi connectivity index (χ4n) is 2.59. The van der Waals surface area contributed by atoms with Crippen LogP contribution in [0.15, 0.2) is 24.5 Å². The lowest BCUT2D eigenvalue weighted by molar-refractivity contribution is 0.100. The molecule has 140 valence electrons. The van der Waals surface area contributed by atoms with Crippen LogP contribution in [0.2, 0.25) is 0 Å². The minimum Gasteiger partial charge on any atom is -0.365 e. The molecule has 2 aromatic rings. The van der Waals surface area contributed by atoms with E-state index >= 15 is 0 Å². The number of hydrogen-bond donors (Lipinski definition) is 4. The molecule has 7 nitrogen and oxygen atoms in total. The number of anilines is 3. The predicted octanol–water partition coefficient (Wildman–Crippen LogP) is 2.69. The van der Waals surface area contributed by atoms with Gasteiger partial charge in [0.1, 0.15) is 5.82 Å².